The maximum absolute atomic E-state index is 13.0. The van der Waals surface area contributed by atoms with Gasteiger partial charge in [0, 0.05) is 22.9 Å². The van der Waals surface area contributed by atoms with Crippen molar-refractivity contribution in [2.75, 3.05) is 10.6 Å². The zero-order valence-electron chi connectivity index (χ0n) is 15.9. The Balaban J connectivity index is 1.56. The van der Waals surface area contributed by atoms with Crippen LogP contribution in [0, 0.1) is 5.82 Å². The van der Waals surface area contributed by atoms with E-state index in [9.17, 15) is 18.8 Å². The molecule has 0 unspecified atom stereocenters. The smallest absolute Gasteiger partial charge is 0.257 e. The van der Waals surface area contributed by atoms with E-state index in [0.717, 1.165) is 5.56 Å². The molecule has 3 N–H and O–H groups in total. The van der Waals surface area contributed by atoms with Crippen LogP contribution in [-0.2, 0) is 15.3 Å². The number of benzene rings is 2. The number of nitrogens with one attached hydrogen (secondary N) is 3. The number of amides is 2. The van der Waals surface area contributed by atoms with Gasteiger partial charge in [-0.15, -0.1) is 0 Å². The standard InChI is InChI=1S/C21H16ClFN4O3S/c22-12-3-7-14(8-4-12)24-19(29)15-9-16(28)25-18-17(15)20(30)27-21(26-18)31-10-11-1-5-13(23)6-2-11/h1-8,15H,9-10H2,(H,24,29)(H2,25,26,27,28,30)/t15-/m0/s1. The molecule has 0 bridgehead atoms. The van der Waals surface area contributed by atoms with E-state index in [-0.39, 0.29) is 28.8 Å². The van der Waals surface area contributed by atoms with Crippen LogP contribution in [0.25, 0.3) is 0 Å². The first-order valence-electron chi connectivity index (χ1n) is 9.27. The second-order valence-electron chi connectivity index (χ2n) is 6.85. The number of rotatable bonds is 5. The minimum Gasteiger partial charge on any atom is -0.326 e. The Kier molecular flexibility index (Phi) is 6.06. The molecule has 3 aromatic rings. The van der Waals surface area contributed by atoms with Crippen LogP contribution in [0.15, 0.2) is 58.5 Å². The van der Waals surface area contributed by atoms with E-state index < -0.39 is 23.3 Å². The number of anilines is 2. The number of fused-ring (bicyclic) bond motifs is 1. The van der Waals surface area contributed by atoms with Gasteiger partial charge in [-0.05, 0) is 42.0 Å². The monoisotopic (exact) mass is 458 g/mol. The van der Waals surface area contributed by atoms with Crippen molar-refractivity contribution < 1.29 is 14.0 Å². The summed E-state index contributed by atoms with van der Waals surface area (Å²) in [6.07, 6.45) is -0.167. The average Bonchev–Trinajstić information content (AvgIpc) is 2.74. The predicted molar refractivity (Wildman–Crippen MR) is 117 cm³/mol. The molecule has 1 aromatic heterocycles. The predicted octanol–water partition coefficient (Wildman–Crippen LogP) is 3.92. The van der Waals surface area contributed by atoms with E-state index in [1.165, 1.54) is 23.9 Å². The third-order valence-electron chi connectivity index (χ3n) is 4.65. The topological polar surface area (TPSA) is 104 Å². The second kappa shape index (κ2) is 8.91. The van der Waals surface area contributed by atoms with E-state index in [1.807, 2.05) is 0 Å². The lowest BCUT2D eigenvalue weighted by molar-refractivity contribution is -0.123. The fraction of sp³-hybridized carbons (Fsp3) is 0.143. The molecule has 0 saturated heterocycles. The van der Waals surface area contributed by atoms with Crippen LogP contribution >= 0.6 is 23.4 Å². The molecule has 0 saturated carbocycles. The Labute approximate surface area is 185 Å². The molecule has 2 heterocycles. The fourth-order valence-electron chi connectivity index (χ4n) is 3.14. The van der Waals surface area contributed by atoms with Gasteiger partial charge in [-0.3, -0.25) is 14.4 Å². The van der Waals surface area contributed by atoms with E-state index in [2.05, 4.69) is 20.6 Å². The first-order chi connectivity index (χ1) is 14.9. The molecule has 1 aliphatic heterocycles. The number of nitrogens with zero attached hydrogens (tertiary/aromatic N) is 1. The Morgan fingerprint density at radius 3 is 2.58 bits per heavy atom. The number of H-pyrrole nitrogens is 1. The molecule has 158 valence electrons. The summed E-state index contributed by atoms with van der Waals surface area (Å²) in [5.41, 5.74) is 0.953. The number of halogens is 2. The molecule has 10 heteroatoms. The van der Waals surface area contributed by atoms with Gasteiger partial charge in [-0.2, -0.15) is 0 Å². The van der Waals surface area contributed by atoms with Gasteiger partial charge >= 0.3 is 0 Å². The van der Waals surface area contributed by atoms with Gasteiger partial charge in [-0.25, -0.2) is 9.37 Å². The molecule has 2 amide bonds. The van der Waals surface area contributed by atoms with Crippen molar-refractivity contribution in [3.63, 3.8) is 0 Å². The molecule has 0 radical (unpaired) electrons. The lowest BCUT2D eigenvalue weighted by Gasteiger charge is -2.23. The second-order valence-corrected chi connectivity index (χ2v) is 8.25. The average molecular weight is 459 g/mol. The molecule has 4 rings (SSSR count). The molecule has 7 nitrogen and oxygen atoms in total. The third kappa shape index (κ3) is 4.95. The number of hydrogen-bond donors (Lipinski definition) is 3. The Morgan fingerprint density at radius 1 is 1.16 bits per heavy atom. The summed E-state index contributed by atoms with van der Waals surface area (Å²) in [6.45, 7) is 0. The maximum atomic E-state index is 13.0. The summed E-state index contributed by atoms with van der Waals surface area (Å²) in [5.74, 6) is -1.70. The van der Waals surface area contributed by atoms with Crippen LogP contribution in [0.2, 0.25) is 5.02 Å². The summed E-state index contributed by atoms with van der Waals surface area (Å²) >= 11 is 7.08. The van der Waals surface area contributed by atoms with Crippen molar-refractivity contribution in [2.24, 2.45) is 0 Å². The van der Waals surface area contributed by atoms with Crippen LogP contribution in [0.3, 0.4) is 0 Å². The van der Waals surface area contributed by atoms with Crippen LogP contribution in [0.4, 0.5) is 15.9 Å². The first-order valence-corrected chi connectivity index (χ1v) is 10.6. The molecular formula is C21H16ClFN4O3S. The van der Waals surface area contributed by atoms with Gasteiger partial charge in [0.15, 0.2) is 5.16 Å². The van der Waals surface area contributed by atoms with Crippen LogP contribution in [0.5, 0.6) is 0 Å². The Hall–Kier alpha value is -3.17. The highest BCUT2D eigenvalue weighted by molar-refractivity contribution is 7.98. The number of carbonyl (C=O) groups excluding carboxylic acids is 2. The molecule has 2 aromatic carbocycles. The minimum atomic E-state index is -0.980. The third-order valence-corrected chi connectivity index (χ3v) is 5.84. The van der Waals surface area contributed by atoms with Crippen molar-refractivity contribution in [1.82, 2.24) is 9.97 Å². The zero-order chi connectivity index (χ0) is 22.0. The van der Waals surface area contributed by atoms with Crippen LogP contribution in [0.1, 0.15) is 23.5 Å². The molecule has 31 heavy (non-hydrogen) atoms. The number of hydrogen-bond acceptors (Lipinski definition) is 5. The van der Waals surface area contributed by atoms with Gasteiger partial charge in [0.25, 0.3) is 5.56 Å². The minimum absolute atomic E-state index is 0.0675. The van der Waals surface area contributed by atoms with Crippen LogP contribution < -0.4 is 16.2 Å². The number of carbonyl (C=O) groups is 2. The largest absolute Gasteiger partial charge is 0.326 e. The van der Waals surface area contributed by atoms with E-state index in [4.69, 9.17) is 11.6 Å². The summed E-state index contributed by atoms with van der Waals surface area (Å²) in [6, 6.07) is 12.5. The molecule has 0 aliphatic carbocycles. The highest BCUT2D eigenvalue weighted by atomic mass is 35.5. The lowest BCUT2D eigenvalue weighted by atomic mass is 9.92. The summed E-state index contributed by atoms with van der Waals surface area (Å²) in [5, 5.41) is 6.08. The molecule has 0 spiro atoms. The van der Waals surface area contributed by atoms with Crippen molar-refractivity contribution in [3.05, 3.63) is 80.9 Å². The van der Waals surface area contributed by atoms with Gasteiger partial charge in [0.05, 0.1) is 11.5 Å². The number of aromatic amines is 1. The summed E-state index contributed by atoms with van der Waals surface area (Å²) in [4.78, 5) is 44.7. The van der Waals surface area contributed by atoms with E-state index >= 15 is 0 Å². The van der Waals surface area contributed by atoms with Crippen molar-refractivity contribution in [3.8, 4) is 0 Å². The maximum Gasteiger partial charge on any atom is 0.257 e. The highest BCUT2D eigenvalue weighted by Gasteiger charge is 2.34. The Morgan fingerprint density at radius 2 is 1.87 bits per heavy atom. The fourth-order valence-corrected chi connectivity index (χ4v) is 4.08. The SMILES string of the molecule is O=C1C[C@H](C(=O)Nc2ccc(Cl)cc2)c2c(nc(SCc3ccc(F)cc3)[nH]c2=O)N1. The number of aromatic nitrogens is 2. The molecule has 1 aliphatic rings. The number of thioether (sulfide) groups is 1. The van der Waals surface area contributed by atoms with Crippen molar-refractivity contribution in [1.29, 1.82) is 0 Å². The van der Waals surface area contributed by atoms with Gasteiger partial charge in [0.1, 0.15) is 11.6 Å². The molecule has 1 atom stereocenters. The zero-order valence-corrected chi connectivity index (χ0v) is 17.5. The first kappa shape index (κ1) is 21.1. The van der Waals surface area contributed by atoms with Gasteiger partial charge in [0.2, 0.25) is 11.8 Å². The quantitative estimate of drug-likeness (QED) is 0.397. The highest BCUT2D eigenvalue weighted by Crippen LogP contribution is 2.31. The molecular weight excluding hydrogens is 443 g/mol. The van der Waals surface area contributed by atoms with Gasteiger partial charge in [-0.1, -0.05) is 35.5 Å². The van der Waals surface area contributed by atoms with E-state index in [0.29, 0.717) is 16.5 Å². The van der Waals surface area contributed by atoms with Gasteiger partial charge < -0.3 is 15.6 Å². The van der Waals surface area contributed by atoms with E-state index in [1.54, 1.807) is 36.4 Å². The van der Waals surface area contributed by atoms with Crippen molar-refractivity contribution >= 4 is 46.7 Å². The summed E-state index contributed by atoms with van der Waals surface area (Å²) < 4.78 is 13.0. The normalized spacial score (nSPS) is 15.2. The molecule has 0 fully saturated rings. The van der Waals surface area contributed by atoms with Crippen LogP contribution in [-0.4, -0.2) is 21.8 Å². The van der Waals surface area contributed by atoms with Crippen molar-refractivity contribution in [2.45, 2.75) is 23.2 Å². The summed E-state index contributed by atoms with van der Waals surface area (Å²) in [7, 11) is 0. The Bertz CT molecular complexity index is 1200. The lowest BCUT2D eigenvalue weighted by Crippen LogP contribution is -2.36.